The van der Waals surface area contributed by atoms with Crippen molar-refractivity contribution in [2.45, 2.75) is 26.7 Å². The highest BCUT2D eigenvalue weighted by atomic mass is 35.5. The highest BCUT2D eigenvalue weighted by Crippen LogP contribution is 2.20. The molecular weight excluding hydrogens is 269 g/mol. The van der Waals surface area contributed by atoms with Crippen molar-refractivity contribution >= 4 is 29.1 Å². The Bertz CT molecular complexity index is 407. The smallest absolute Gasteiger partial charge is 0.254 e. The number of hydrogen-bond acceptors (Lipinski definition) is 1. The van der Waals surface area contributed by atoms with Gasteiger partial charge in [-0.25, -0.2) is 0 Å². The van der Waals surface area contributed by atoms with Crippen molar-refractivity contribution < 1.29 is 4.79 Å². The minimum absolute atomic E-state index is 0.0177. The topological polar surface area (TPSA) is 20.3 Å². The zero-order valence-electron chi connectivity index (χ0n) is 10.9. The molecule has 0 radical (unpaired) electrons. The van der Waals surface area contributed by atoms with E-state index in [4.69, 9.17) is 23.2 Å². The molecule has 1 aromatic rings. The van der Waals surface area contributed by atoms with Crippen LogP contribution in [-0.4, -0.2) is 29.8 Å². The van der Waals surface area contributed by atoms with Crippen LogP contribution < -0.4 is 0 Å². The molecule has 4 heteroatoms. The van der Waals surface area contributed by atoms with Gasteiger partial charge in [-0.05, 0) is 31.0 Å². The number of amides is 1. The third-order valence-electron chi connectivity index (χ3n) is 2.92. The molecule has 2 nitrogen and oxygen atoms in total. The molecule has 0 fully saturated rings. The van der Waals surface area contributed by atoms with Gasteiger partial charge in [0.25, 0.3) is 5.91 Å². The number of carbonyl (C=O) groups is 1. The molecule has 0 bridgehead atoms. The quantitative estimate of drug-likeness (QED) is 0.721. The molecule has 18 heavy (non-hydrogen) atoms. The molecule has 0 aliphatic heterocycles. The first-order chi connectivity index (χ1) is 8.61. The van der Waals surface area contributed by atoms with Gasteiger partial charge < -0.3 is 4.90 Å². The third kappa shape index (κ3) is 3.89. The van der Waals surface area contributed by atoms with Crippen molar-refractivity contribution in [3.8, 4) is 0 Å². The fraction of sp³-hybridized carbons (Fsp3) is 0.500. The first-order valence-corrected chi connectivity index (χ1v) is 7.13. The van der Waals surface area contributed by atoms with Crippen LogP contribution >= 0.6 is 23.2 Å². The average molecular weight is 288 g/mol. The normalized spacial score (nSPS) is 10.4. The molecule has 1 aromatic carbocycles. The molecule has 0 aliphatic rings. The van der Waals surface area contributed by atoms with Gasteiger partial charge in [0.05, 0.1) is 0 Å². The van der Waals surface area contributed by atoms with Crippen LogP contribution in [0.25, 0.3) is 0 Å². The van der Waals surface area contributed by atoms with Gasteiger partial charge in [0.2, 0.25) is 0 Å². The predicted molar refractivity (Wildman–Crippen MR) is 77.7 cm³/mol. The Morgan fingerprint density at radius 1 is 1.33 bits per heavy atom. The van der Waals surface area contributed by atoms with Crippen molar-refractivity contribution in [2.75, 3.05) is 19.0 Å². The third-order valence-corrected chi connectivity index (χ3v) is 3.50. The summed E-state index contributed by atoms with van der Waals surface area (Å²) < 4.78 is 0. The highest BCUT2D eigenvalue weighted by molar-refractivity contribution is 6.31. The lowest BCUT2D eigenvalue weighted by molar-refractivity contribution is 0.0762. The number of rotatable bonds is 6. The number of benzene rings is 1. The number of hydrogen-bond donors (Lipinski definition) is 0. The summed E-state index contributed by atoms with van der Waals surface area (Å²) in [5.41, 5.74) is 1.50. The molecule has 0 heterocycles. The molecule has 0 aliphatic carbocycles. The van der Waals surface area contributed by atoms with Gasteiger partial charge >= 0.3 is 0 Å². The van der Waals surface area contributed by atoms with Crippen molar-refractivity contribution in [3.63, 3.8) is 0 Å². The Morgan fingerprint density at radius 3 is 2.67 bits per heavy atom. The summed E-state index contributed by atoms with van der Waals surface area (Å²) in [6.07, 6.45) is 2.04. The second-order valence-corrected chi connectivity index (χ2v) is 5.03. The fourth-order valence-electron chi connectivity index (χ4n) is 1.78. The highest BCUT2D eigenvalue weighted by Gasteiger charge is 2.17. The molecule has 0 saturated carbocycles. The molecule has 0 atom stereocenters. The molecule has 100 valence electrons. The maximum Gasteiger partial charge on any atom is 0.254 e. The van der Waals surface area contributed by atoms with E-state index in [0.29, 0.717) is 23.0 Å². The molecule has 0 spiro atoms. The lowest BCUT2D eigenvalue weighted by atomic mass is 10.1. The molecule has 1 amide bonds. The summed E-state index contributed by atoms with van der Waals surface area (Å²) in [6.45, 7) is 5.29. The maximum absolute atomic E-state index is 12.4. The second kappa shape index (κ2) is 7.65. The van der Waals surface area contributed by atoms with E-state index in [1.165, 1.54) is 0 Å². The zero-order chi connectivity index (χ0) is 13.5. The molecule has 0 saturated heterocycles. The van der Waals surface area contributed by atoms with E-state index in [1.54, 1.807) is 17.0 Å². The van der Waals surface area contributed by atoms with E-state index in [0.717, 1.165) is 24.9 Å². The molecule has 1 rings (SSSR count). The van der Waals surface area contributed by atoms with E-state index in [-0.39, 0.29) is 5.91 Å². The van der Waals surface area contributed by atoms with Crippen molar-refractivity contribution in [1.29, 1.82) is 0 Å². The lowest BCUT2D eigenvalue weighted by Gasteiger charge is -2.22. The largest absolute Gasteiger partial charge is 0.337 e. The van der Waals surface area contributed by atoms with Gasteiger partial charge in [0.1, 0.15) is 0 Å². The molecule has 0 aromatic heterocycles. The molecular formula is C14H19Cl2NO. The van der Waals surface area contributed by atoms with Crippen molar-refractivity contribution in [2.24, 2.45) is 0 Å². The van der Waals surface area contributed by atoms with Crippen LogP contribution in [0.2, 0.25) is 5.02 Å². The first-order valence-electron chi connectivity index (χ1n) is 6.22. The lowest BCUT2D eigenvalue weighted by Crippen LogP contribution is -2.34. The summed E-state index contributed by atoms with van der Waals surface area (Å²) in [5, 5.41) is 0.627. The molecule has 0 unspecified atom stereocenters. The first kappa shape index (κ1) is 15.3. The summed E-state index contributed by atoms with van der Waals surface area (Å²) in [5.74, 6) is 0.471. The number of carbonyl (C=O) groups excluding carboxylic acids is 1. The van der Waals surface area contributed by atoms with Crippen LogP contribution in [-0.2, 0) is 0 Å². The number of halogens is 2. The van der Waals surface area contributed by atoms with Crippen LogP contribution in [0.15, 0.2) is 18.2 Å². The maximum atomic E-state index is 12.4. The number of nitrogens with zero attached hydrogens (tertiary/aromatic N) is 1. The summed E-state index contributed by atoms with van der Waals surface area (Å²) >= 11 is 11.8. The van der Waals surface area contributed by atoms with Crippen LogP contribution in [0.5, 0.6) is 0 Å². The average Bonchev–Trinajstić information content (AvgIpc) is 2.37. The van der Waals surface area contributed by atoms with E-state index in [2.05, 4.69) is 6.92 Å². The summed E-state index contributed by atoms with van der Waals surface area (Å²) in [4.78, 5) is 14.2. The van der Waals surface area contributed by atoms with E-state index in [9.17, 15) is 4.79 Å². The second-order valence-electron chi connectivity index (χ2n) is 4.25. The van der Waals surface area contributed by atoms with Gasteiger partial charge in [0.15, 0.2) is 0 Å². The Labute approximate surface area is 119 Å². The Hall–Kier alpha value is -0.730. The van der Waals surface area contributed by atoms with Gasteiger partial charge in [-0.3, -0.25) is 4.79 Å². The van der Waals surface area contributed by atoms with E-state index < -0.39 is 0 Å². The van der Waals surface area contributed by atoms with E-state index in [1.807, 2.05) is 13.0 Å². The van der Waals surface area contributed by atoms with Gasteiger partial charge in [-0.2, -0.15) is 0 Å². The van der Waals surface area contributed by atoms with Gasteiger partial charge in [-0.1, -0.05) is 31.0 Å². The van der Waals surface area contributed by atoms with E-state index >= 15 is 0 Å². The van der Waals surface area contributed by atoms with Crippen molar-refractivity contribution in [3.05, 3.63) is 34.3 Å². The Morgan fingerprint density at radius 2 is 2.06 bits per heavy atom. The minimum atomic E-state index is 0.0177. The van der Waals surface area contributed by atoms with Gasteiger partial charge in [0, 0.05) is 29.6 Å². The minimum Gasteiger partial charge on any atom is -0.337 e. The summed E-state index contributed by atoms with van der Waals surface area (Å²) in [7, 11) is 0. The Kier molecular flexibility index (Phi) is 6.51. The number of unbranched alkanes of at least 4 members (excludes halogenated alkanes) is 1. The fourth-order valence-corrected chi connectivity index (χ4v) is 2.15. The van der Waals surface area contributed by atoms with Crippen LogP contribution in [0.4, 0.5) is 0 Å². The van der Waals surface area contributed by atoms with Crippen LogP contribution in [0.1, 0.15) is 35.7 Å². The van der Waals surface area contributed by atoms with Crippen molar-refractivity contribution in [1.82, 2.24) is 4.90 Å². The van der Waals surface area contributed by atoms with Gasteiger partial charge in [-0.15, -0.1) is 11.6 Å². The molecule has 0 N–H and O–H groups in total. The summed E-state index contributed by atoms with van der Waals surface area (Å²) in [6, 6.07) is 5.42. The predicted octanol–water partition coefficient (Wildman–Crippen LogP) is 4.13. The van der Waals surface area contributed by atoms with Crippen LogP contribution in [0, 0.1) is 6.92 Å². The zero-order valence-corrected chi connectivity index (χ0v) is 12.4. The monoisotopic (exact) mass is 287 g/mol. The number of alkyl halides is 1. The SMILES string of the molecule is CCCCN(CCCl)C(=O)c1cccc(Cl)c1C. The Balaban J connectivity index is 2.90. The standard InChI is InChI=1S/C14H19Cl2NO/c1-3-4-9-17(10-8-15)14(18)12-6-5-7-13(16)11(12)2/h5-7H,3-4,8-10H2,1-2H3. The van der Waals surface area contributed by atoms with Crippen LogP contribution in [0.3, 0.4) is 0 Å².